The molecule has 3 aliphatic rings. The molecular formula is C123H80FN11. The maximum Gasteiger partial charge on any atom is 0.236 e. The van der Waals surface area contributed by atoms with Gasteiger partial charge < -0.3 is 4.57 Å². The molecule has 0 unspecified atom stereocenters. The van der Waals surface area contributed by atoms with E-state index in [1.165, 1.54) is 133 Å². The van der Waals surface area contributed by atoms with Gasteiger partial charge in [0.1, 0.15) is 23.8 Å². The molecule has 135 heavy (non-hydrogen) atoms. The quantitative estimate of drug-likeness (QED) is 0.153. The van der Waals surface area contributed by atoms with Crippen LogP contribution in [0.2, 0.25) is 0 Å². The van der Waals surface area contributed by atoms with Crippen molar-refractivity contribution in [1.82, 2.24) is 38.6 Å². The van der Waals surface area contributed by atoms with Gasteiger partial charge in [-0.2, -0.15) is 15.8 Å². The summed E-state index contributed by atoms with van der Waals surface area (Å²) in [5.41, 5.74) is 34.5. The molecule has 11 nitrogen and oxygen atoms in total. The smallest absolute Gasteiger partial charge is 0.236 e. The fraction of sp³-hybridized carbons (Fsp3) is 0.0732. The van der Waals surface area contributed by atoms with E-state index in [9.17, 15) is 20.2 Å². The van der Waals surface area contributed by atoms with E-state index in [0.29, 0.717) is 45.4 Å². The van der Waals surface area contributed by atoms with Crippen molar-refractivity contribution in [2.24, 2.45) is 0 Å². The molecular weight excluding hydrogens is 1650 g/mol. The molecule has 0 spiro atoms. The Morgan fingerprint density at radius 3 is 1.36 bits per heavy atom. The Morgan fingerprint density at radius 2 is 0.704 bits per heavy atom. The van der Waals surface area contributed by atoms with Crippen LogP contribution in [0.25, 0.3) is 215 Å². The summed E-state index contributed by atoms with van der Waals surface area (Å²) in [7, 11) is 0. The minimum atomic E-state index is -0.377. The second kappa shape index (κ2) is 30.2. The Kier molecular flexibility index (Phi) is 17.8. The van der Waals surface area contributed by atoms with Crippen molar-refractivity contribution in [2.75, 3.05) is 0 Å². The SMILES string of the molecule is CC1(C)c2ccc(-c3ccc4c(c3)c3ccccc3n4-c3nc(C#N)c4ccccc4n3)cc2-c2c1ccc1ccccc21.CC1(C)c2ccccc2-c2cc(-c3ccc4c(c3)c3ccccc3n4-c3cc(C#N)c4ccc(F)cc4n3)ccc21.CC1(C)c2ccccc2-c2ccc(-c3ccc4c(c3)c3c5ccccc5ccc3n4-c3ccc(-c4nc(C#N)c5ccccc5n4)cc3)cc21. The largest absolute Gasteiger partial charge is 0.309 e. The minimum absolute atomic E-state index is 0.0279. The lowest BCUT2D eigenvalue weighted by molar-refractivity contribution is 0.629. The third-order valence-electron chi connectivity index (χ3n) is 28.8. The van der Waals surface area contributed by atoms with Crippen LogP contribution < -0.4 is 0 Å². The van der Waals surface area contributed by atoms with Gasteiger partial charge in [0, 0.05) is 82.0 Å². The number of rotatable bonds is 7. The number of nitriles is 3. The molecule has 27 rings (SSSR count). The van der Waals surface area contributed by atoms with Crippen molar-refractivity contribution in [1.29, 1.82) is 15.8 Å². The first-order chi connectivity index (χ1) is 66.0. The zero-order valence-corrected chi connectivity index (χ0v) is 74.6. The standard InChI is InChI=1S/C46H30N4.C40H26N4.C37H24FN3/c1-46(2)38-13-7-5-11-34(38)35-22-17-31(26-39(35)46)30-19-23-42-37(25-30)44-33-10-4-3-9-28(33)18-24-43(44)50(42)32-20-15-29(16-21-32)45-48-40-14-8-6-12-36(40)41(27-47)49-45;1-40(2)32-18-16-25(22-31(32)38-27-10-4-3-9-24(27)15-19-33(38)40)26-17-20-37-30(21-26)28-11-6-8-14-36(28)44(37)39-42-34-13-7-5-12-29(34)35(23-41)43-39;1-37(2)31-9-5-3-7-27(31)29-17-22(11-15-32(29)37)23-12-16-35-30(18-23)28-8-4-6-10-34(28)41(35)36-19-24(21-39)26-14-13-25(38)20-33(26)40-36/h3-26H,1-2H3;3-22H,1-2H3;3-20H,1-2H3. The van der Waals surface area contributed by atoms with Gasteiger partial charge in [0.05, 0.1) is 61.3 Å². The average molecular weight is 1730 g/mol. The maximum absolute atomic E-state index is 14.1. The summed E-state index contributed by atoms with van der Waals surface area (Å²) in [5, 5.41) is 43.7. The number of halogens is 1. The van der Waals surface area contributed by atoms with Gasteiger partial charge in [-0.15, -0.1) is 0 Å². The highest BCUT2D eigenvalue weighted by Gasteiger charge is 2.39. The zero-order valence-electron chi connectivity index (χ0n) is 74.6. The number of pyridine rings is 1. The van der Waals surface area contributed by atoms with Gasteiger partial charge in [-0.1, -0.05) is 272 Å². The molecule has 0 radical (unpaired) electrons. The van der Waals surface area contributed by atoms with E-state index in [2.05, 4.69) is 364 Å². The number of fused-ring (bicyclic) bond motifs is 25. The lowest BCUT2D eigenvalue weighted by Gasteiger charge is -2.22. The molecule has 6 heterocycles. The number of hydrogen-bond donors (Lipinski definition) is 0. The Morgan fingerprint density at radius 1 is 0.259 bits per heavy atom. The summed E-state index contributed by atoms with van der Waals surface area (Å²) in [6, 6.07) is 138. The molecule has 3 aliphatic carbocycles. The van der Waals surface area contributed by atoms with Crippen LogP contribution in [0.4, 0.5) is 4.39 Å². The van der Waals surface area contributed by atoms with Crippen molar-refractivity contribution in [3.63, 3.8) is 0 Å². The van der Waals surface area contributed by atoms with Crippen LogP contribution in [-0.2, 0) is 16.2 Å². The maximum atomic E-state index is 14.1. The number of aromatic nitrogens is 8. The zero-order chi connectivity index (χ0) is 91.0. The van der Waals surface area contributed by atoms with Crippen LogP contribution in [0.1, 0.15) is 91.9 Å². The second-order valence-electron chi connectivity index (χ2n) is 37.2. The highest BCUT2D eigenvalue weighted by atomic mass is 19.1. The topological polar surface area (TPSA) is 151 Å². The number of nitrogens with zero attached hydrogens (tertiary/aromatic N) is 11. The Hall–Kier alpha value is -17.6. The lowest BCUT2D eigenvalue weighted by atomic mass is 9.81. The lowest BCUT2D eigenvalue weighted by Crippen LogP contribution is -2.14. The summed E-state index contributed by atoms with van der Waals surface area (Å²) < 4.78 is 20.6. The van der Waals surface area contributed by atoms with Gasteiger partial charge in [-0.05, 0) is 261 Å². The van der Waals surface area contributed by atoms with E-state index >= 15 is 0 Å². The van der Waals surface area contributed by atoms with Crippen LogP contribution in [0, 0.1) is 39.8 Å². The number of benzene rings is 18. The Bertz CT molecular complexity index is 9430. The molecule has 0 fully saturated rings. The van der Waals surface area contributed by atoms with Crippen molar-refractivity contribution in [3.05, 3.63) is 432 Å². The predicted molar refractivity (Wildman–Crippen MR) is 547 cm³/mol. The third-order valence-corrected chi connectivity index (χ3v) is 28.8. The van der Waals surface area contributed by atoms with Gasteiger partial charge in [-0.25, -0.2) is 29.3 Å². The molecule has 0 amide bonds. The van der Waals surface area contributed by atoms with Gasteiger partial charge in [0.15, 0.2) is 17.2 Å². The summed E-state index contributed by atoms with van der Waals surface area (Å²) in [5.74, 6) is 1.26. The van der Waals surface area contributed by atoms with E-state index in [4.69, 9.17) is 19.9 Å². The van der Waals surface area contributed by atoms with E-state index in [1.807, 2.05) is 66.7 Å². The van der Waals surface area contributed by atoms with Crippen molar-refractivity contribution in [3.8, 4) is 114 Å². The number of hydrogen-bond acceptors (Lipinski definition) is 8. The van der Waals surface area contributed by atoms with Crippen molar-refractivity contribution < 1.29 is 4.39 Å². The first-order valence-electron chi connectivity index (χ1n) is 45.6. The van der Waals surface area contributed by atoms with Crippen LogP contribution in [0.5, 0.6) is 0 Å². The minimum Gasteiger partial charge on any atom is -0.309 e. The molecule has 0 saturated carbocycles. The van der Waals surface area contributed by atoms with E-state index in [0.717, 1.165) is 98.8 Å². The molecule has 634 valence electrons. The highest BCUT2D eigenvalue weighted by Crippen LogP contribution is 2.55. The normalized spacial score (nSPS) is 13.3. The van der Waals surface area contributed by atoms with Gasteiger partial charge in [0.2, 0.25) is 5.95 Å². The van der Waals surface area contributed by atoms with E-state index in [1.54, 1.807) is 12.1 Å². The van der Waals surface area contributed by atoms with Crippen LogP contribution >= 0.6 is 0 Å². The van der Waals surface area contributed by atoms with Crippen LogP contribution in [0.15, 0.2) is 376 Å². The molecule has 0 N–H and O–H groups in total. The molecule has 0 bridgehead atoms. The summed E-state index contributed by atoms with van der Waals surface area (Å²) in [6.45, 7) is 13.9. The van der Waals surface area contributed by atoms with E-state index in [-0.39, 0.29) is 22.1 Å². The first kappa shape index (κ1) is 79.5. The molecule has 24 aromatic rings. The average Bonchev–Trinajstić information content (AvgIpc) is 1.53. The van der Waals surface area contributed by atoms with Crippen molar-refractivity contribution in [2.45, 2.75) is 57.8 Å². The van der Waals surface area contributed by atoms with Crippen LogP contribution in [0.3, 0.4) is 0 Å². The predicted octanol–water partition coefficient (Wildman–Crippen LogP) is 30.4. The second-order valence-corrected chi connectivity index (χ2v) is 37.2. The van der Waals surface area contributed by atoms with Crippen molar-refractivity contribution >= 4 is 120 Å². The summed E-state index contributed by atoms with van der Waals surface area (Å²) in [6.07, 6.45) is 0. The molecule has 0 aliphatic heterocycles. The number of para-hydroxylation sites is 4. The fourth-order valence-corrected chi connectivity index (χ4v) is 22.2. The van der Waals surface area contributed by atoms with E-state index < -0.39 is 0 Å². The molecule has 0 atom stereocenters. The Labute approximate surface area is 777 Å². The summed E-state index contributed by atoms with van der Waals surface area (Å²) in [4.78, 5) is 23.9. The monoisotopic (exact) mass is 1730 g/mol. The molecule has 6 aromatic heterocycles. The highest BCUT2D eigenvalue weighted by molar-refractivity contribution is 6.22. The molecule has 0 saturated heterocycles. The van der Waals surface area contributed by atoms with Gasteiger partial charge in [0.25, 0.3) is 0 Å². The molecule has 18 aromatic carbocycles. The van der Waals surface area contributed by atoms with Crippen LogP contribution in [-0.4, -0.2) is 38.6 Å². The third kappa shape index (κ3) is 12.3. The first-order valence-corrected chi connectivity index (χ1v) is 45.6. The van der Waals surface area contributed by atoms with Gasteiger partial charge >= 0.3 is 0 Å². The Balaban J connectivity index is 0.000000109. The summed E-state index contributed by atoms with van der Waals surface area (Å²) >= 11 is 0. The van der Waals surface area contributed by atoms with Gasteiger partial charge in [-0.3, -0.25) is 9.13 Å². The molecule has 12 heteroatoms. The fourth-order valence-electron chi connectivity index (χ4n) is 22.2.